The summed E-state index contributed by atoms with van der Waals surface area (Å²) in [7, 11) is 0.330. The zero-order valence-electron chi connectivity index (χ0n) is 17.8. The van der Waals surface area contributed by atoms with Crippen molar-refractivity contribution in [2.24, 2.45) is 0 Å². The van der Waals surface area contributed by atoms with Crippen molar-refractivity contribution >= 4 is 7.82 Å². The molecular weight excluding hydrogens is 437 g/mol. The number of hydrogen-bond donors (Lipinski definition) is 1. The van der Waals surface area contributed by atoms with Crippen LogP contribution in [0, 0.1) is 0 Å². The molecule has 0 aliphatic carbocycles. The van der Waals surface area contributed by atoms with E-state index in [4.69, 9.17) is 23.5 Å². The molecule has 0 aliphatic rings. The first-order valence-corrected chi connectivity index (χ1v) is 9.54. The first-order valence-electron chi connectivity index (χ1n) is 8.08. The Balaban J connectivity index is 0.00000420. The second-order valence-corrected chi connectivity index (χ2v) is 6.82. The van der Waals surface area contributed by atoms with E-state index in [1.165, 1.54) is 52.7 Å². The Morgan fingerprint density at radius 3 is 1.83 bits per heavy atom. The maximum Gasteiger partial charge on any atom is 1.00 e. The Labute approximate surface area is 219 Å². The molecule has 0 heterocycles. The summed E-state index contributed by atoms with van der Waals surface area (Å²) >= 11 is 0. The van der Waals surface area contributed by atoms with E-state index in [0.29, 0.717) is 16.9 Å². The number of benzene rings is 2. The van der Waals surface area contributed by atoms with Gasteiger partial charge in [-0.2, -0.15) is 0 Å². The van der Waals surface area contributed by atoms with E-state index in [0.717, 1.165) is 0 Å². The van der Waals surface area contributed by atoms with Gasteiger partial charge in [-0.25, -0.2) is 0 Å². The third-order valence-corrected chi connectivity index (χ3v) is 4.49. The number of hydrogen-bond acceptors (Lipinski definition) is 9. The fourth-order valence-corrected chi connectivity index (χ4v) is 3.24. The van der Waals surface area contributed by atoms with Crippen molar-refractivity contribution in [3.63, 3.8) is 0 Å². The van der Waals surface area contributed by atoms with Gasteiger partial charge < -0.3 is 42.9 Å². The first-order chi connectivity index (χ1) is 13.2. The molecule has 0 unspecified atom stereocenters. The van der Waals surface area contributed by atoms with Gasteiger partial charge in [-0.15, -0.1) is 0 Å². The standard InChI is InChI=1S/C18H23O9P.2Na/c1-23-14-6-5-11(7-13(14)19)8-15(27-28(20,21)22)12-9-16(24-2)18(26-4)17(10-12)25-3;;/h5-7,9-10,15,19H,8H2,1-4H3,(H2,20,21,22);;/q;2*+1/p-2/t15-;;/m1../s1. The van der Waals surface area contributed by atoms with E-state index in [1.807, 2.05) is 0 Å². The fourth-order valence-electron chi connectivity index (χ4n) is 2.74. The third-order valence-electron chi connectivity index (χ3n) is 3.98. The number of phenols is 1. The van der Waals surface area contributed by atoms with Gasteiger partial charge in [0.05, 0.1) is 42.4 Å². The summed E-state index contributed by atoms with van der Waals surface area (Å²) in [6.07, 6.45) is -1.20. The molecule has 0 spiro atoms. The van der Waals surface area contributed by atoms with Crippen LogP contribution in [0.2, 0.25) is 0 Å². The maximum atomic E-state index is 11.3. The van der Waals surface area contributed by atoms with Gasteiger partial charge in [-0.3, -0.25) is 0 Å². The van der Waals surface area contributed by atoms with Gasteiger partial charge in [0.1, 0.15) is 0 Å². The molecule has 1 atom stereocenters. The van der Waals surface area contributed by atoms with Crippen molar-refractivity contribution in [2.45, 2.75) is 12.5 Å². The van der Waals surface area contributed by atoms with Gasteiger partial charge in [0.25, 0.3) is 0 Å². The number of aromatic hydroxyl groups is 1. The molecule has 0 saturated carbocycles. The van der Waals surface area contributed by atoms with E-state index >= 15 is 0 Å². The summed E-state index contributed by atoms with van der Waals surface area (Å²) < 4.78 is 36.8. The molecule has 0 aliphatic heterocycles. The van der Waals surface area contributed by atoms with Crippen molar-refractivity contribution in [2.75, 3.05) is 28.4 Å². The summed E-state index contributed by atoms with van der Waals surface area (Å²) in [6, 6.07) is 7.52. The number of phosphoric acid groups is 1. The van der Waals surface area contributed by atoms with E-state index < -0.39 is 13.9 Å². The second-order valence-electron chi connectivity index (χ2n) is 5.71. The molecule has 0 amide bonds. The zero-order valence-corrected chi connectivity index (χ0v) is 22.7. The molecule has 0 radical (unpaired) electrons. The molecule has 2 aromatic carbocycles. The average molecular weight is 458 g/mol. The molecule has 0 fully saturated rings. The predicted molar refractivity (Wildman–Crippen MR) is 95.9 cm³/mol. The number of phosphoric ester groups is 1. The van der Waals surface area contributed by atoms with Crippen LogP contribution in [0.1, 0.15) is 17.2 Å². The molecule has 1 N–H and O–H groups in total. The molecule has 2 aromatic rings. The fraction of sp³-hybridized carbons (Fsp3) is 0.333. The number of phenolic OH excluding ortho intramolecular Hbond substituents is 1. The number of rotatable bonds is 9. The van der Waals surface area contributed by atoms with Gasteiger partial charge in [0.15, 0.2) is 23.0 Å². The van der Waals surface area contributed by atoms with Crippen LogP contribution in [0.25, 0.3) is 0 Å². The molecule has 0 saturated heterocycles. The Bertz CT molecular complexity index is 848. The van der Waals surface area contributed by atoms with Crippen molar-refractivity contribution in [1.29, 1.82) is 0 Å². The first kappa shape index (κ1) is 29.5. The predicted octanol–water partition coefficient (Wildman–Crippen LogP) is -4.44. The molecule has 2 rings (SSSR count). The zero-order chi connectivity index (χ0) is 20.9. The van der Waals surface area contributed by atoms with Crippen LogP contribution in [0.4, 0.5) is 0 Å². The molecule has 12 heteroatoms. The molecule has 154 valence electrons. The van der Waals surface area contributed by atoms with Gasteiger partial charge >= 0.3 is 59.1 Å². The Morgan fingerprint density at radius 2 is 1.43 bits per heavy atom. The SMILES string of the molecule is COc1ccc(C[C@@H](OP(=O)([O-])[O-])c2cc(OC)c(OC)c(OC)c2)cc1O.[Na+].[Na+]. The summed E-state index contributed by atoms with van der Waals surface area (Å²) in [5, 5.41) is 9.94. The van der Waals surface area contributed by atoms with Gasteiger partial charge in [-0.05, 0) is 35.4 Å². The van der Waals surface area contributed by atoms with Crippen molar-refractivity contribution < 1.29 is 102 Å². The number of ether oxygens (including phenoxy) is 4. The van der Waals surface area contributed by atoms with Crippen molar-refractivity contribution in [1.82, 2.24) is 0 Å². The molecular formula is C18H21Na2O9P. The summed E-state index contributed by atoms with van der Waals surface area (Å²) in [5.41, 5.74) is 0.835. The van der Waals surface area contributed by atoms with E-state index in [1.54, 1.807) is 6.07 Å². The van der Waals surface area contributed by atoms with E-state index in [-0.39, 0.29) is 88.5 Å². The van der Waals surface area contributed by atoms with Crippen LogP contribution in [-0.2, 0) is 15.5 Å². The van der Waals surface area contributed by atoms with E-state index in [9.17, 15) is 19.5 Å². The third kappa shape index (κ3) is 7.91. The van der Waals surface area contributed by atoms with Crippen LogP contribution >= 0.6 is 7.82 Å². The Hall–Kier alpha value is -0.450. The van der Waals surface area contributed by atoms with Gasteiger partial charge in [-0.1, -0.05) is 6.07 Å². The summed E-state index contributed by atoms with van der Waals surface area (Å²) in [5.74, 6) is 0.981. The molecule has 0 bridgehead atoms. The minimum absolute atomic E-state index is 0. The van der Waals surface area contributed by atoms with Crippen LogP contribution < -0.4 is 87.8 Å². The van der Waals surface area contributed by atoms with Gasteiger partial charge in [0, 0.05) is 6.42 Å². The largest absolute Gasteiger partial charge is 1.00 e. The second kappa shape index (κ2) is 13.2. The quantitative estimate of drug-likeness (QED) is 0.292. The molecule has 9 nitrogen and oxygen atoms in total. The van der Waals surface area contributed by atoms with Crippen LogP contribution in [0.5, 0.6) is 28.7 Å². The van der Waals surface area contributed by atoms with Crippen molar-refractivity contribution in [3.05, 3.63) is 41.5 Å². The van der Waals surface area contributed by atoms with Crippen LogP contribution in [-0.4, -0.2) is 33.5 Å². The Kier molecular flexibility index (Phi) is 13.0. The minimum atomic E-state index is -5.32. The number of methoxy groups -OCH3 is 4. The normalized spacial score (nSPS) is 11.5. The van der Waals surface area contributed by atoms with Crippen molar-refractivity contribution in [3.8, 4) is 28.7 Å². The topological polar surface area (TPSA) is 130 Å². The Morgan fingerprint density at radius 1 is 0.900 bits per heavy atom. The van der Waals surface area contributed by atoms with Gasteiger partial charge in [0.2, 0.25) is 5.75 Å². The molecule has 0 aromatic heterocycles. The maximum absolute atomic E-state index is 11.3. The van der Waals surface area contributed by atoms with Crippen LogP contribution in [0.3, 0.4) is 0 Å². The summed E-state index contributed by atoms with van der Waals surface area (Å²) in [4.78, 5) is 22.6. The van der Waals surface area contributed by atoms with Crippen LogP contribution in [0.15, 0.2) is 30.3 Å². The average Bonchev–Trinajstić information content (AvgIpc) is 2.65. The van der Waals surface area contributed by atoms with E-state index in [2.05, 4.69) is 0 Å². The summed E-state index contributed by atoms with van der Waals surface area (Å²) in [6.45, 7) is 0. The molecule has 30 heavy (non-hydrogen) atoms. The minimum Gasteiger partial charge on any atom is -0.790 e. The monoisotopic (exact) mass is 458 g/mol. The smallest absolute Gasteiger partial charge is 0.790 e.